The summed E-state index contributed by atoms with van der Waals surface area (Å²) in [6, 6.07) is 28.6. The fourth-order valence-electron chi connectivity index (χ4n) is 5.90. The smallest absolute Gasteiger partial charge is 0.303 e. The molecule has 5 heteroatoms. The van der Waals surface area contributed by atoms with Crippen LogP contribution in [0, 0.1) is 11.8 Å². The molecule has 45 heavy (non-hydrogen) atoms. The Hall–Kier alpha value is -3.86. The van der Waals surface area contributed by atoms with Gasteiger partial charge in [-0.15, -0.1) is 0 Å². The molecule has 5 nitrogen and oxygen atoms in total. The van der Waals surface area contributed by atoms with Crippen LogP contribution in [0.25, 0.3) is 11.1 Å². The molecule has 0 bridgehead atoms. The lowest BCUT2D eigenvalue weighted by molar-refractivity contribution is -0.138. The molecule has 0 spiro atoms. The van der Waals surface area contributed by atoms with Crippen molar-refractivity contribution >= 4 is 23.3 Å². The van der Waals surface area contributed by atoms with E-state index in [1.807, 2.05) is 36.4 Å². The number of Topliss-reactive ketones (excluding diaryl/α,β-unsaturated/α-hetero) is 3. The van der Waals surface area contributed by atoms with E-state index in [9.17, 15) is 24.3 Å². The van der Waals surface area contributed by atoms with Gasteiger partial charge in [-0.3, -0.25) is 19.2 Å². The van der Waals surface area contributed by atoms with Crippen LogP contribution in [0.15, 0.2) is 84.9 Å². The van der Waals surface area contributed by atoms with Gasteiger partial charge in [-0.1, -0.05) is 111 Å². The average molecular weight is 611 g/mol. The van der Waals surface area contributed by atoms with E-state index in [0.717, 1.165) is 55.2 Å². The first kappa shape index (κ1) is 35.6. The van der Waals surface area contributed by atoms with E-state index in [-0.39, 0.29) is 43.0 Å². The van der Waals surface area contributed by atoms with E-state index >= 15 is 0 Å². The topological polar surface area (TPSA) is 88.5 Å². The Labute approximate surface area is 269 Å². The van der Waals surface area contributed by atoms with Crippen molar-refractivity contribution in [3.05, 3.63) is 96.1 Å². The van der Waals surface area contributed by atoms with Crippen molar-refractivity contribution in [3.8, 4) is 11.1 Å². The van der Waals surface area contributed by atoms with Gasteiger partial charge in [0, 0.05) is 43.9 Å². The molecule has 0 heterocycles. The quantitative estimate of drug-likeness (QED) is 0.108. The van der Waals surface area contributed by atoms with Gasteiger partial charge in [0.2, 0.25) is 0 Å². The zero-order valence-electron chi connectivity index (χ0n) is 26.9. The minimum atomic E-state index is -0.970. The van der Waals surface area contributed by atoms with E-state index in [1.165, 1.54) is 5.56 Å². The SMILES string of the molecule is CCCCCCC(=O)CC(CCc1ccc(-c2ccccc2)cc1)C(=O)CC(CCC(=O)O)C(=O)CCCCc1ccccc1. The number of hydrogen-bond donors (Lipinski definition) is 1. The van der Waals surface area contributed by atoms with Crippen LogP contribution in [0.4, 0.5) is 0 Å². The molecule has 1 N–H and O–H groups in total. The Balaban J connectivity index is 1.64. The van der Waals surface area contributed by atoms with Crippen molar-refractivity contribution in [2.75, 3.05) is 0 Å². The van der Waals surface area contributed by atoms with E-state index in [2.05, 4.69) is 55.5 Å². The average Bonchev–Trinajstić information content (AvgIpc) is 3.06. The molecule has 0 amide bonds. The summed E-state index contributed by atoms with van der Waals surface area (Å²) < 4.78 is 0. The Kier molecular flexibility index (Phi) is 16.0. The summed E-state index contributed by atoms with van der Waals surface area (Å²) in [5.74, 6) is -2.11. The number of hydrogen-bond acceptors (Lipinski definition) is 4. The highest BCUT2D eigenvalue weighted by Gasteiger charge is 2.28. The second-order valence-corrected chi connectivity index (χ2v) is 12.3. The zero-order chi connectivity index (χ0) is 32.3. The third-order valence-electron chi connectivity index (χ3n) is 8.67. The van der Waals surface area contributed by atoms with Gasteiger partial charge in [-0.25, -0.2) is 0 Å². The normalized spacial score (nSPS) is 12.4. The number of carboxylic acids is 1. The molecule has 0 saturated heterocycles. The van der Waals surface area contributed by atoms with Crippen molar-refractivity contribution in [3.63, 3.8) is 0 Å². The van der Waals surface area contributed by atoms with Gasteiger partial charge in [-0.05, 0) is 67.2 Å². The van der Waals surface area contributed by atoms with Crippen molar-refractivity contribution in [2.45, 2.75) is 103 Å². The molecule has 2 atom stereocenters. The third-order valence-corrected chi connectivity index (χ3v) is 8.67. The minimum absolute atomic E-state index is 0.00548. The summed E-state index contributed by atoms with van der Waals surface area (Å²) in [4.78, 5) is 51.4. The summed E-state index contributed by atoms with van der Waals surface area (Å²) in [6.45, 7) is 2.13. The lowest BCUT2D eigenvalue weighted by Crippen LogP contribution is -2.26. The standard InChI is InChI=1S/C40H50O5/c1-2-3-4-11-19-37(41)29-35(26-23-32-21-24-34(25-22-32)33-17-9-6-10-18-33)39(43)30-36(27-28-40(44)45)38(42)20-13-12-16-31-14-7-5-8-15-31/h5-10,14-15,17-18,21-22,24-25,35-36H,2-4,11-13,16,19-20,23,26-30H2,1H3,(H,44,45). The largest absolute Gasteiger partial charge is 0.481 e. The molecule has 0 saturated carbocycles. The number of aliphatic carboxylic acids is 1. The maximum Gasteiger partial charge on any atom is 0.303 e. The van der Waals surface area contributed by atoms with Gasteiger partial charge >= 0.3 is 5.97 Å². The van der Waals surface area contributed by atoms with Crippen molar-refractivity contribution < 1.29 is 24.3 Å². The van der Waals surface area contributed by atoms with E-state index in [4.69, 9.17) is 0 Å². The maximum atomic E-state index is 13.7. The number of carboxylic acid groups (broad SMARTS) is 1. The van der Waals surface area contributed by atoms with Crippen LogP contribution in [-0.4, -0.2) is 28.4 Å². The monoisotopic (exact) mass is 610 g/mol. The second kappa shape index (κ2) is 20.2. The predicted octanol–water partition coefficient (Wildman–Crippen LogP) is 9.25. The fourth-order valence-corrected chi connectivity index (χ4v) is 5.90. The van der Waals surface area contributed by atoms with E-state index < -0.39 is 17.8 Å². The molecule has 0 aliphatic carbocycles. The Morgan fingerprint density at radius 1 is 0.556 bits per heavy atom. The van der Waals surface area contributed by atoms with Crippen molar-refractivity contribution in [1.29, 1.82) is 0 Å². The van der Waals surface area contributed by atoms with Gasteiger partial charge in [0.25, 0.3) is 0 Å². The van der Waals surface area contributed by atoms with Gasteiger partial charge in [0.15, 0.2) is 0 Å². The molecule has 2 unspecified atom stereocenters. The lowest BCUT2D eigenvalue weighted by atomic mass is 9.82. The van der Waals surface area contributed by atoms with Crippen molar-refractivity contribution in [1.82, 2.24) is 0 Å². The molecule has 240 valence electrons. The van der Waals surface area contributed by atoms with Crippen LogP contribution >= 0.6 is 0 Å². The molecule has 3 aromatic rings. The second-order valence-electron chi connectivity index (χ2n) is 12.3. The summed E-state index contributed by atoms with van der Waals surface area (Å²) in [5.41, 5.74) is 4.58. The van der Waals surface area contributed by atoms with Gasteiger partial charge < -0.3 is 5.11 Å². The van der Waals surface area contributed by atoms with E-state index in [1.54, 1.807) is 0 Å². The highest BCUT2D eigenvalue weighted by atomic mass is 16.4. The first-order valence-corrected chi connectivity index (χ1v) is 16.8. The molecular formula is C40H50O5. The molecule has 0 aromatic heterocycles. The summed E-state index contributed by atoms with van der Waals surface area (Å²) in [5, 5.41) is 9.33. The summed E-state index contributed by atoms with van der Waals surface area (Å²) >= 11 is 0. The zero-order valence-corrected chi connectivity index (χ0v) is 26.9. The first-order valence-electron chi connectivity index (χ1n) is 16.8. The number of carbonyl (C=O) groups is 4. The van der Waals surface area contributed by atoms with Crippen LogP contribution in [0.3, 0.4) is 0 Å². The van der Waals surface area contributed by atoms with Crippen LogP contribution < -0.4 is 0 Å². The maximum absolute atomic E-state index is 13.7. The Bertz CT molecular complexity index is 1310. The van der Waals surface area contributed by atoms with Crippen LogP contribution in [-0.2, 0) is 32.0 Å². The molecule has 0 aliphatic heterocycles. The molecular weight excluding hydrogens is 560 g/mol. The lowest BCUT2D eigenvalue weighted by Gasteiger charge is -2.20. The number of benzene rings is 3. The predicted molar refractivity (Wildman–Crippen MR) is 181 cm³/mol. The van der Waals surface area contributed by atoms with E-state index in [0.29, 0.717) is 32.1 Å². The van der Waals surface area contributed by atoms with Crippen LogP contribution in [0.1, 0.15) is 102 Å². The number of rotatable bonds is 23. The number of carbonyl (C=O) groups excluding carboxylic acids is 3. The summed E-state index contributed by atoms with van der Waals surface area (Å²) in [6.07, 6.45) is 8.63. The van der Waals surface area contributed by atoms with Gasteiger partial charge in [-0.2, -0.15) is 0 Å². The highest BCUT2D eigenvalue weighted by molar-refractivity contribution is 5.92. The van der Waals surface area contributed by atoms with Gasteiger partial charge in [0.05, 0.1) is 0 Å². The molecule has 0 aliphatic rings. The molecule has 3 aromatic carbocycles. The van der Waals surface area contributed by atoms with Crippen LogP contribution in [0.5, 0.6) is 0 Å². The number of aryl methyl sites for hydroxylation is 2. The van der Waals surface area contributed by atoms with Gasteiger partial charge in [0.1, 0.15) is 17.3 Å². The molecule has 0 fully saturated rings. The van der Waals surface area contributed by atoms with Crippen LogP contribution in [0.2, 0.25) is 0 Å². The number of ketones is 3. The number of unbranched alkanes of at least 4 members (excludes halogenated alkanes) is 4. The minimum Gasteiger partial charge on any atom is -0.481 e. The highest BCUT2D eigenvalue weighted by Crippen LogP contribution is 2.26. The molecule has 3 rings (SSSR count). The summed E-state index contributed by atoms with van der Waals surface area (Å²) in [7, 11) is 0. The Morgan fingerprint density at radius 2 is 1.16 bits per heavy atom. The molecule has 0 radical (unpaired) electrons. The van der Waals surface area contributed by atoms with Crippen molar-refractivity contribution in [2.24, 2.45) is 11.8 Å². The first-order chi connectivity index (χ1) is 21.9. The Morgan fingerprint density at radius 3 is 1.82 bits per heavy atom. The fraction of sp³-hybridized carbons (Fsp3) is 0.450. The third kappa shape index (κ3) is 13.8.